The number of rotatable bonds is 4. The van der Waals surface area contributed by atoms with Gasteiger partial charge in [0.05, 0.1) is 0 Å². The van der Waals surface area contributed by atoms with Crippen molar-refractivity contribution in [3.8, 4) is 5.75 Å². The van der Waals surface area contributed by atoms with Crippen LogP contribution < -0.4 is 5.73 Å². The Labute approximate surface area is 110 Å². The molecule has 2 rings (SSSR count). The van der Waals surface area contributed by atoms with Gasteiger partial charge in [-0.3, -0.25) is 0 Å². The Morgan fingerprint density at radius 1 is 1.28 bits per heavy atom. The van der Waals surface area contributed by atoms with E-state index in [1.54, 1.807) is 12.1 Å². The van der Waals surface area contributed by atoms with Crippen LogP contribution in [0, 0.1) is 5.92 Å². The first kappa shape index (κ1) is 13.2. The largest absolute Gasteiger partial charge is 0.508 e. The maximum absolute atomic E-state index is 9.81. The Morgan fingerprint density at radius 3 is 2.72 bits per heavy atom. The second kappa shape index (κ2) is 6.10. The topological polar surface area (TPSA) is 49.5 Å². The van der Waals surface area contributed by atoms with E-state index in [2.05, 4.69) is 11.9 Å². The first-order valence-corrected chi connectivity index (χ1v) is 6.91. The maximum atomic E-state index is 9.81. The van der Waals surface area contributed by atoms with Crippen LogP contribution in [0.4, 0.5) is 5.69 Å². The van der Waals surface area contributed by atoms with Crippen LogP contribution in [0.25, 0.3) is 0 Å². The molecule has 0 radical (unpaired) electrons. The normalized spacial score (nSPS) is 17.2. The maximum Gasteiger partial charge on any atom is 0.120 e. The number of nitrogens with zero attached hydrogens (tertiary/aromatic N) is 1. The molecule has 18 heavy (non-hydrogen) atoms. The monoisotopic (exact) mass is 248 g/mol. The number of anilines is 1. The SMILES string of the molecule is CN(Cc1cc(N)ccc1O)CC1CCCCC1. The lowest BCUT2D eigenvalue weighted by Crippen LogP contribution is -2.26. The predicted octanol–water partition coefficient (Wildman–Crippen LogP) is 2.99. The summed E-state index contributed by atoms with van der Waals surface area (Å²) in [5, 5.41) is 9.81. The summed E-state index contributed by atoms with van der Waals surface area (Å²) in [6, 6.07) is 5.28. The summed E-state index contributed by atoms with van der Waals surface area (Å²) in [6.45, 7) is 1.89. The van der Waals surface area contributed by atoms with Gasteiger partial charge in [0.2, 0.25) is 0 Å². The molecule has 0 atom stereocenters. The molecule has 0 aromatic heterocycles. The van der Waals surface area contributed by atoms with Crippen LogP contribution in [-0.4, -0.2) is 23.6 Å². The molecule has 0 saturated heterocycles. The van der Waals surface area contributed by atoms with Gasteiger partial charge in [0.15, 0.2) is 0 Å². The van der Waals surface area contributed by atoms with Gasteiger partial charge in [-0.2, -0.15) is 0 Å². The number of aromatic hydroxyl groups is 1. The fraction of sp³-hybridized carbons (Fsp3) is 0.600. The minimum atomic E-state index is 0.347. The molecule has 0 amide bonds. The van der Waals surface area contributed by atoms with Gasteiger partial charge < -0.3 is 15.7 Å². The molecule has 3 heteroatoms. The van der Waals surface area contributed by atoms with Crippen LogP contribution in [0.1, 0.15) is 37.7 Å². The molecule has 0 aliphatic heterocycles. The molecule has 1 aromatic rings. The number of hydrogen-bond donors (Lipinski definition) is 2. The second-order valence-corrected chi connectivity index (χ2v) is 5.59. The van der Waals surface area contributed by atoms with Crippen LogP contribution >= 0.6 is 0 Å². The van der Waals surface area contributed by atoms with Gasteiger partial charge >= 0.3 is 0 Å². The van der Waals surface area contributed by atoms with Gasteiger partial charge in [0, 0.05) is 24.3 Å². The molecular weight excluding hydrogens is 224 g/mol. The van der Waals surface area contributed by atoms with Gasteiger partial charge in [-0.05, 0) is 44.0 Å². The van der Waals surface area contributed by atoms with Crippen molar-refractivity contribution >= 4 is 5.69 Å². The van der Waals surface area contributed by atoms with Crippen molar-refractivity contribution in [2.24, 2.45) is 5.92 Å². The number of phenolic OH excluding ortho intramolecular Hbond substituents is 1. The predicted molar refractivity (Wildman–Crippen MR) is 75.4 cm³/mol. The third-order valence-corrected chi connectivity index (χ3v) is 3.84. The Balaban J connectivity index is 1.89. The van der Waals surface area contributed by atoms with Crippen molar-refractivity contribution < 1.29 is 5.11 Å². The number of phenols is 1. The van der Waals surface area contributed by atoms with Crippen molar-refractivity contribution in [2.75, 3.05) is 19.3 Å². The molecule has 1 saturated carbocycles. The van der Waals surface area contributed by atoms with Crippen LogP contribution in [0.3, 0.4) is 0 Å². The zero-order chi connectivity index (χ0) is 13.0. The molecule has 100 valence electrons. The summed E-state index contributed by atoms with van der Waals surface area (Å²) in [7, 11) is 2.12. The average molecular weight is 248 g/mol. The summed E-state index contributed by atoms with van der Waals surface area (Å²) < 4.78 is 0. The standard InChI is InChI=1S/C15H24N2O/c1-17(10-12-5-3-2-4-6-12)11-13-9-14(16)7-8-15(13)18/h7-9,12,18H,2-6,10-11,16H2,1H3. The number of nitrogens with two attached hydrogens (primary N) is 1. The van der Waals surface area contributed by atoms with Gasteiger partial charge in [0.1, 0.15) is 5.75 Å². The highest BCUT2D eigenvalue weighted by molar-refractivity contribution is 5.47. The molecule has 1 aliphatic carbocycles. The molecule has 0 heterocycles. The molecular formula is C15H24N2O. The third kappa shape index (κ3) is 3.64. The average Bonchev–Trinajstić information content (AvgIpc) is 2.35. The van der Waals surface area contributed by atoms with Crippen LogP contribution in [0.15, 0.2) is 18.2 Å². The van der Waals surface area contributed by atoms with E-state index < -0.39 is 0 Å². The Kier molecular flexibility index (Phi) is 4.48. The summed E-state index contributed by atoms with van der Waals surface area (Å²) in [6.07, 6.45) is 6.86. The lowest BCUT2D eigenvalue weighted by molar-refractivity contribution is 0.226. The van der Waals surface area contributed by atoms with E-state index in [1.165, 1.54) is 32.1 Å². The first-order valence-electron chi connectivity index (χ1n) is 6.91. The van der Waals surface area contributed by atoms with E-state index >= 15 is 0 Å². The highest BCUT2D eigenvalue weighted by Crippen LogP contribution is 2.26. The van der Waals surface area contributed by atoms with Crippen molar-refractivity contribution in [1.29, 1.82) is 0 Å². The molecule has 3 N–H and O–H groups in total. The van der Waals surface area contributed by atoms with E-state index in [0.29, 0.717) is 11.4 Å². The smallest absolute Gasteiger partial charge is 0.120 e. The summed E-state index contributed by atoms with van der Waals surface area (Å²) in [5.41, 5.74) is 7.40. The molecule has 1 fully saturated rings. The Morgan fingerprint density at radius 2 is 2.00 bits per heavy atom. The van der Waals surface area contributed by atoms with E-state index in [4.69, 9.17) is 5.73 Å². The highest BCUT2D eigenvalue weighted by atomic mass is 16.3. The first-order chi connectivity index (χ1) is 8.65. The zero-order valence-electron chi connectivity index (χ0n) is 11.2. The van der Waals surface area contributed by atoms with Gasteiger partial charge in [-0.15, -0.1) is 0 Å². The van der Waals surface area contributed by atoms with Crippen LogP contribution in [0.2, 0.25) is 0 Å². The molecule has 0 bridgehead atoms. The van der Waals surface area contributed by atoms with Crippen molar-refractivity contribution in [3.05, 3.63) is 23.8 Å². The van der Waals surface area contributed by atoms with Gasteiger partial charge in [-0.1, -0.05) is 19.3 Å². The van der Waals surface area contributed by atoms with E-state index in [1.807, 2.05) is 6.07 Å². The zero-order valence-corrected chi connectivity index (χ0v) is 11.2. The number of hydrogen-bond acceptors (Lipinski definition) is 3. The Hall–Kier alpha value is -1.22. The van der Waals surface area contributed by atoms with Crippen molar-refractivity contribution in [2.45, 2.75) is 38.6 Å². The van der Waals surface area contributed by atoms with Crippen molar-refractivity contribution in [3.63, 3.8) is 0 Å². The van der Waals surface area contributed by atoms with E-state index in [0.717, 1.165) is 24.6 Å². The summed E-state index contributed by atoms with van der Waals surface area (Å²) in [4.78, 5) is 2.30. The van der Waals surface area contributed by atoms with Crippen molar-refractivity contribution in [1.82, 2.24) is 4.90 Å². The molecule has 3 nitrogen and oxygen atoms in total. The minimum Gasteiger partial charge on any atom is -0.508 e. The molecule has 1 aromatic carbocycles. The fourth-order valence-electron chi connectivity index (χ4n) is 2.90. The lowest BCUT2D eigenvalue weighted by Gasteiger charge is -2.27. The third-order valence-electron chi connectivity index (χ3n) is 3.84. The molecule has 1 aliphatic rings. The van der Waals surface area contributed by atoms with Gasteiger partial charge in [-0.25, -0.2) is 0 Å². The molecule has 0 unspecified atom stereocenters. The number of benzene rings is 1. The Bertz CT molecular complexity index is 386. The van der Waals surface area contributed by atoms with Crippen LogP contribution in [-0.2, 0) is 6.54 Å². The highest BCUT2D eigenvalue weighted by Gasteiger charge is 2.16. The minimum absolute atomic E-state index is 0.347. The second-order valence-electron chi connectivity index (χ2n) is 5.59. The van der Waals surface area contributed by atoms with Gasteiger partial charge in [0.25, 0.3) is 0 Å². The summed E-state index contributed by atoms with van der Waals surface area (Å²) in [5.74, 6) is 1.17. The van der Waals surface area contributed by atoms with E-state index in [9.17, 15) is 5.11 Å². The summed E-state index contributed by atoms with van der Waals surface area (Å²) >= 11 is 0. The van der Waals surface area contributed by atoms with E-state index in [-0.39, 0.29) is 0 Å². The van der Waals surface area contributed by atoms with Crippen LogP contribution in [0.5, 0.6) is 5.75 Å². The lowest BCUT2D eigenvalue weighted by atomic mass is 9.89. The fourth-order valence-corrected chi connectivity index (χ4v) is 2.90. The molecule has 0 spiro atoms. The quantitative estimate of drug-likeness (QED) is 0.636. The number of nitrogen functional groups attached to an aromatic ring is 1.